The van der Waals surface area contributed by atoms with Gasteiger partial charge in [-0.25, -0.2) is 9.78 Å². The standard InChI is InChI=1S/C32H42ClN5O5/c1-32(2,3)43-31(41)34-15-7-8-26(30(39)40)35-19-23-9-12-24(33)18-28(23)42-25-13-10-22(11-14-25)27-20-36-29(37(27)4)21-38-16-5-6-17-38/h9-14,18,20,26,35H,5-8,15-17,19,21H2,1-4H3,(H,34,41)(H,39,40)/t26-/m0/s1. The highest BCUT2D eigenvalue weighted by Gasteiger charge is 2.20. The third-order valence-corrected chi connectivity index (χ3v) is 7.47. The van der Waals surface area contributed by atoms with Gasteiger partial charge in [0.25, 0.3) is 0 Å². The van der Waals surface area contributed by atoms with Crippen molar-refractivity contribution in [3.8, 4) is 22.8 Å². The van der Waals surface area contributed by atoms with Crippen LogP contribution in [0.25, 0.3) is 11.3 Å². The Kier molecular flexibility index (Phi) is 11.1. The molecule has 0 saturated carbocycles. The summed E-state index contributed by atoms with van der Waals surface area (Å²) in [6.07, 6.45) is 4.68. The average molecular weight is 612 g/mol. The molecule has 43 heavy (non-hydrogen) atoms. The number of carboxylic acids is 1. The molecule has 0 unspecified atom stereocenters. The van der Waals surface area contributed by atoms with Crippen LogP contribution >= 0.6 is 11.6 Å². The van der Waals surface area contributed by atoms with Gasteiger partial charge in [0.2, 0.25) is 0 Å². The molecule has 2 heterocycles. The zero-order chi connectivity index (χ0) is 31.0. The molecular formula is C32H42ClN5O5. The maximum atomic E-state index is 11.9. The molecule has 1 saturated heterocycles. The monoisotopic (exact) mass is 611 g/mol. The molecule has 0 spiro atoms. The maximum Gasteiger partial charge on any atom is 0.407 e. The summed E-state index contributed by atoms with van der Waals surface area (Å²) in [4.78, 5) is 30.8. The number of alkyl carbamates (subject to hydrolysis) is 1. The lowest BCUT2D eigenvalue weighted by molar-refractivity contribution is -0.139. The van der Waals surface area contributed by atoms with Crippen molar-refractivity contribution in [3.63, 3.8) is 0 Å². The number of aliphatic carboxylic acids is 1. The quantitative estimate of drug-likeness (QED) is 0.202. The number of aromatic nitrogens is 2. The second-order valence-corrected chi connectivity index (χ2v) is 12.3. The number of benzene rings is 2. The van der Waals surface area contributed by atoms with E-state index in [0.29, 0.717) is 35.9 Å². The molecule has 1 aliphatic heterocycles. The van der Waals surface area contributed by atoms with Gasteiger partial charge in [0.15, 0.2) is 0 Å². The number of amides is 1. The van der Waals surface area contributed by atoms with Crippen molar-refractivity contribution >= 4 is 23.7 Å². The van der Waals surface area contributed by atoms with Crippen molar-refractivity contribution in [2.45, 2.75) is 71.2 Å². The molecule has 11 heteroatoms. The summed E-state index contributed by atoms with van der Waals surface area (Å²) in [6.45, 7) is 9.03. The summed E-state index contributed by atoms with van der Waals surface area (Å²) in [5.41, 5.74) is 2.25. The van der Waals surface area contributed by atoms with Gasteiger partial charge in [-0.1, -0.05) is 17.7 Å². The van der Waals surface area contributed by atoms with E-state index in [-0.39, 0.29) is 6.54 Å². The van der Waals surface area contributed by atoms with E-state index < -0.39 is 23.7 Å². The highest BCUT2D eigenvalue weighted by atomic mass is 35.5. The van der Waals surface area contributed by atoms with Gasteiger partial charge in [-0.15, -0.1) is 0 Å². The van der Waals surface area contributed by atoms with Gasteiger partial charge in [-0.3, -0.25) is 9.69 Å². The number of ether oxygens (including phenoxy) is 2. The summed E-state index contributed by atoms with van der Waals surface area (Å²) >= 11 is 6.28. The minimum atomic E-state index is -0.969. The van der Waals surface area contributed by atoms with E-state index in [2.05, 4.69) is 25.1 Å². The number of carboxylic acid groups (broad SMARTS) is 1. The molecule has 3 aromatic rings. The number of hydrogen-bond donors (Lipinski definition) is 3. The summed E-state index contributed by atoms with van der Waals surface area (Å²) in [5, 5.41) is 16.0. The average Bonchev–Trinajstić information content (AvgIpc) is 3.58. The fourth-order valence-corrected chi connectivity index (χ4v) is 5.11. The van der Waals surface area contributed by atoms with Crippen LogP contribution in [-0.2, 0) is 29.7 Å². The maximum absolute atomic E-state index is 11.9. The molecule has 0 aliphatic carbocycles. The lowest BCUT2D eigenvalue weighted by Crippen LogP contribution is -2.37. The number of likely N-dealkylation sites (tertiary alicyclic amines) is 1. The highest BCUT2D eigenvalue weighted by Crippen LogP contribution is 2.31. The third kappa shape index (κ3) is 9.71. The lowest BCUT2D eigenvalue weighted by atomic mass is 10.1. The smallest absolute Gasteiger partial charge is 0.407 e. The SMILES string of the molecule is Cn1c(-c2ccc(Oc3cc(Cl)ccc3CN[C@@H](CCCNC(=O)OC(C)(C)C)C(=O)O)cc2)cnc1CN1CCCC1. The molecule has 1 aliphatic rings. The molecule has 10 nitrogen and oxygen atoms in total. The Balaban J connectivity index is 1.34. The first kappa shape index (κ1) is 32.3. The van der Waals surface area contributed by atoms with Crippen LogP contribution in [0.4, 0.5) is 4.79 Å². The molecule has 4 rings (SSSR count). The Hall–Kier alpha value is -3.60. The minimum absolute atomic E-state index is 0.260. The summed E-state index contributed by atoms with van der Waals surface area (Å²) in [5.74, 6) is 1.25. The number of imidazole rings is 1. The van der Waals surface area contributed by atoms with Crippen LogP contribution in [0.3, 0.4) is 0 Å². The summed E-state index contributed by atoms with van der Waals surface area (Å²) < 4.78 is 13.6. The Morgan fingerprint density at radius 1 is 1.12 bits per heavy atom. The number of carbonyl (C=O) groups is 2. The molecule has 232 valence electrons. The van der Waals surface area contributed by atoms with Crippen LogP contribution in [0, 0.1) is 0 Å². The van der Waals surface area contributed by atoms with Gasteiger partial charge in [0, 0.05) is 36.3 Å². The van der Waals surface area contributed by atoms with Gasteiger partial charge < -0.3 is 29.8 Å². The van der Waals surface area contributed by atoms with E-state index in [1.807, 2.05) is 43.6 Å². The number of hydrogen-bond acceptors (Lipinski definition) is 7. The predicted molar refractivity (Wildman–Crippen MR) is 166 cm³/mol. The zero-order valence-electron chi connectivity index (χ0n) is 25.4. The number of halogens is 1. The summed E-state index contributed by atoms with van der Waals surface area (Å²) in [7, 11) is 2.05. The topological polar surface area (TPSA) is 118 Å². The highest BCUT2D eigenvalue weighted by molar-refractivity contribution is 6.30. The van der Waals surface area contributed by atoms with Crippen molar-refractivity contribution in [2.24, 2.45) is 7.05 Å². The second-order valence-electron chi connectivity index (χ2n) is 11.8. The van der Waals surface area contributed by atoms with Gasteiger partial charge in [0.1, 0.15) is 29.0 Å². The van der Waals surface area contributed by atoms with Crippen molar-refractivity contribution in [3.05, 3.63) is 65.1 Å². The predicted octanol–water partition coefficient (Wildman–Crippen LogP) is 5.98. The molecule has 3 N–H and O–H groups in total. The first-order valence-corrected chi connectivity index (χ1v) is 15.1. The van der Waals surface area contributed by atoms with E-state index in [4.69, 9.17) is 21.1 Å². The van der Waals surface area contributed by atoms with Crippen molar-refractivity contribution in [2.75, 3.05) is 19.6 Å². The molecular weight excluding hydrogens is 570 g/mol. The van der Waals surface area contributed by atoms with Crippen LogP contribution in [0.15, 0.2) is 48.7 Å². The fraction of sp³-hybridized carbons (Fsp3) is 0.469. The number of rotatable bonds is 13. The van der Waals surface area contributed by atoms with Gasteiger partial charge >= 0.3 is 12.1 Å². The van der Waals surface area contributed by atoms with Gasteiger partial charge in [-0.2, -0.15) is 0 Å². The number of carbonyl (C=O) groups excluding carboxylic acids is 1. The molecule has 0 bridgehead atoms. The largest absolute Gasteiger partial charge is 0.480 e. The van der Waals surface area contributed by atoms with E-state index in [1.54, 1.807) is 32.9 Å². The van der Waals surface area contributed by atoms with E-state index >= 15 is 0 Å². The minimum Gasteiger partial charge on any atom is -0.480 e. The van der Waals surface area contributed by atoms with Gasteiger partial charge in [0.05, 0.1) is 18.4 Å². The number of nitrogens with one attached hydrogen (secondary N) is 2. The van der Waals surface area contributed by atoms with Crippen molar-refractivity contribution < 1.29 is 24.2 Å². The molecule has 1 aromatic heterocycles. The third-order valence-electron chi connectivity index (χ3n) is 7.23. The van der Waals surface area contributed by atoms with Crippen LogP contribution in [0.1, 0.15) is 57.8 Å². The van der Waals surface area contributed by atoms with Crippen molar-refractivity contribution in [1.82, 2.24) is 25.1 Å². The Labute approximate surface area is 258 Å². The van der Waals surface area contributed by atoms with E-state index in [1.165, 1.54) is 12.8 Å². The van der Waals surface area contributed by atoms with E-state index in [0.717, 1.165) is 42.3 Å². The van der Waals surface area contributed by atoms with Crippen LogP contribution in [0.5, 0.6) is 11.5 Å². The Bertz CT molecular complexity index is 1380. The van der Waals surface area contributed by atoms with Gasteiger partial charge in [-0.05, 0) is 95.9 Å². The Morgan fingerprint density at radius 2 is 1.84 bits per heavy atom. The van der Waals surface area contributed by atoms with Crippen LogP contribution < -0.4 is 15.4 Å². The second kappa shape index (κ2) is 14.7. The zero-order valence-corrected chi connectivity index (χ0v) is 26.1. The van der Waals surface area contributed by atoms with Crippen LogP contribution in [0.2, 0.25) is 5.02 Å². The normalized spacial score (nSPS) is 14.4. The summed E-state index contributed by atoms with van der Waals surface area (Å²) in [6, 6.07) is 12.3. The Morgan fingerprint density at radius 3 is 2.51 bits per heavy atom. The van der Waals surface area contributed by atoms with Crippen molar-refractivity contribution in [1.29, 1.82) is 0 Å². The molecule has 1 amide bonds. The molecule has 1 fully saturated rings. The van der Waals surface area contributed by atoms with E-state index in [9.17, 15) is 14.7 Å². The number of nitrogens with zero attached hydrogens (tertiary/aromatic N) is 3. The lowest BCUT2D eigenvalue weighted by Gasteiger charge is -2.20. The fourth-order valence-electron chi connectivity index (χ4n) is 4.95. The molecule has 1 atom stereocenters. The first-order chi connectivity index (χ1) is 20.5. The first-order valence-electron chi connectivity index (χ1n) is 14.7. The molecule has 2 aromatic carbocycles. The molecule has 0 radical (unpaired) electrons. The van der Waals surface area contributed by atoms with Crippen LogP contribution in [-0.4, -0.2) is 62.9 Å².